The fourth-order valence-electron chi connectivity index (χ4n) is 1.77. The van der Waals surface area contributed by atoms with Crippen LogP contribution in [0.25, 0.3) is 10.9 Å². The lowest BCUT2D eigenvalue weighted by atomic mass is 10.0. The summed E-state index contributed by atoms with van der Waals surface area (Å²) in [5.74, 6) is -0.595. The predicted octanol–water partition coefficient (Wildman–Crippen LogP) is 2.05. The molecule has 1 aromatic heterocycles. The van der Waals surface area contributed by atoms with Crippen LogP contribution in [0.1, 0.15) is 15.9 Å². The minimum absolute atomic E-state index is 0.0267. The van der Waals surface area contributed by atoms with E-state index in [0.717, 1.165) is 5.39 Å². The van der Waals surface area contributed by atoms with E-state index in [1.165, 1.54) is 7.11 Å². The largest absolute Gasteiger partial charge is 0.465 e. The van der Waals surface area contributed by atoms with Crippen LogP contribution in [0.3, 0.4) is 0 Å². The summed E-state index contributed by atoms with van der Waals surface area (Å²) in [4.78, 5) is 26.0. The second-order valence-corrected chi connectivity index (χ2v) is 3.75. The lowest BCUT2D eigenvalue weighted by Crippen LogP contribution is -2.21. The number of aromatic nitrogens is 1. The van der Waals surface area contributed by atoms with Crippen LogP contribution in [0.15, 0.2) is 29.1 Å². The van der Waals surface area contributed by atoms with Gasteiger partial charge >= 0.3 is 5.97 Å². The Kier molecular flexibility index (Phi) is 3.15. The molecule has 0 spiro atoms. The third-order valence-electron chi connectivity index (χ3n) is 2.55. The number of carbonyl (C=O) groups is 1. The predicted molar refractivity (Wildman–Crippen MR) is 65.5 cm³/mol. The van der Waals surface area contributed by atoms with Crippen molar-refractivity contribution in [3.8, 4) is 0 Å². The maximum absolute atomic E-state index is 11.8. The van der Waals surface area contributed by atoms with Crippen LogP contribution in [0.4, 0.5) is 0 Å². The van der Waals surface area contributed by atoms with Crippen molar-refractivity contribution in [2.75, 3.05) is 7.11 Å². The average molecular weight is 252 g/mol. The zero-order chi connectivity index (χ0) is 12.4. The minimum atomic E-state index is -0.673. The molecule has 0 aliphatic rings. The summed E-state index contributed by atoms with van der Waals surface area (Å²) in [6, 6.07) is 7.18. The maximum atomic E-state index is 11.8. The molecule has 0 saturated heterocycles. The zero-order valence-electron chi connectivity index (χ0n) is 9.12. The quantitative estimate of drug-likeness (QED) is 0.656. The molecule has 0 bridgehead atoms. The second kappa shape index (κ2) is 4.59. The number of hydrogen-bond donors (Lipinski definition) is 1. The number of rotatable bonds is 2. The molecule has 1 heterocycles. The first-order valence-corrected chi connectivity index (χ1v) is 5.50. The van der Waals surface area contributed by atoms with Gasteiger partial charge in [-0.2, -0.15) is 0 Å². The van der Waals surface area contributed by atoms with E-state index in [4.69, 9.17) is 11.6 Å². The molecule has 1 N–H and O–H groups in total. The van der Waals surface area contributed by atoms with E-state index in [9.17, 15) is 9.59 Å². The Morgan fingerprint density at radius 1 is 1.41 bits per heavy atom. The summed E-state index contributed by atoms with van der Waals surface area (Å²) in [5.41, 5.74) is 0.645. The molecule has 2 aromatic rings. The number of carbonyl (C=O) groups excluding carboxylic acids is 1. The van der Waals surface area contributed by atoms with Gasteiger partial charge in [-0.25, -0.2) is 4.79 Å². The molecule has 0 amide bonds. The van der Waals surface area contributed by atoms with Crippen LogP contribution in [0, 0.1) is 0 Å². The Labute approximate surface area is 102 Å². The van der Waals surface area contributed by atoms with Crippen molar-refractivity contribution >= 4 is 28.5 Å². The summed E-state index contributed by atoms with van der Waals surface area (Å²) in [6.45, 7) is 0. The van der Waals surface area contributed by atoms with Gasteiger partial charge in [-0.15, -0.1) is 11.6 Å². The van der Waals surface area contributed by atoms with Crippen LogP contribution < -0.4 is 5.56 Å². The van der Waals surface area contributed by atoms with Gasteiger partial charge in [0.25, 0.3) is 5.56 Å². The summed E-state index contributed by atoms with van der Waals surface area (Å²) < 4.78 is 4.59. The second-order valence-electron chi connectivity index (χ2n) is 3.48. The van der Waals surface area contributed by atoms with E-state index < -0.39 is 11.5 Å². The van der Waals surface area contributed by atoms with Crippen LogP contribution >= 0.6 is 11.6 Å². The van der Waals surface area contributed by atoms with Crippen molar-refractivity contribution in [3.05, 3.63) is 45.7 Å². The number of methoxy groups -OCH3 is 1. The SMILES string of the molecule is COC(=O)c1c(CCl)c2ccccc2[nH]c1=O. The topological polar surface area (TPSA) is 59.2 Å². The standard InChI is InChI=1S/C12H10ClNO3/c1-17-12(16)10-8(6-13)7-4-2-3-5-9(7)14-11(10)15/h2-5H,6H2,1H3,(H,14,15). The van der Waals surface area contributed by atoms with E-state index >= 15 is 0 Å². The summed E-state index contributed by atoms with van der Waals surface area (Å²) >= 11 is 5.82. The average Bonchev–Trinajstić information content (AvgIpc) is 2.36. The molecular formula is C12H10ClNO3. The third kappa shape index (κ3) is 1.91. The molecule has 0 fully saturated rings. The first-order valence-electron chi connectivity index (χ1n) is 4.97. The molecule has 4 nitrogen and oxygen atoms in total. The van der Waals surface area contributed by atoms with Gasteiger partial charge in [0.2, 0.25) is 0 Å². The summed E-state index contributed by atoms with van der Waals surface area (Å²) in [7, 11) is 1.23. The lowest BCUT2D eigenvalue weighted by molar-refractivity contribution is 0.0598. The highest BCUT2D eigenvalue weighted by Crippen LogP contribution is 2.20. The fourth-order valence-corrected chi connectivity index (χ4v) is 2.05. The number of H-pyrrole nitrogens is 1. The molecular weight excluding hydrogens is 242 g/mol. The monoisotopic (exact) mass is 251 g/mol. The van der Waals surface area contributed by atoms with Crippen LogP contribution in [-0.4, -0.2) is 18.1 Å². The van der Waals surface area contributed by atoms with E-state index in [0.29, 0.717) is 11.1 Å². The number of pyridine rings is 1. The minimum Gasteiger partial charge on any atom is -0.465 e. The van der Waals surface area contributed by atoms with Crippen molar-refractivity contribution in [2.24, 2.45) is 0 Å². The maximum Gasteiger partial charge on any atom is 0.343 e. The van der Waals surface area contributed by atoms with Crippen molar-refractivity contribution in [3.63, 3.8) is 0 Å². The Hall–Kier alpha value is -1.81. The van der Waals surface area contributed by atoms with Gasteiger partial charge in [0.1, 0.15) is 5.56 Å². The molecule has 0 atom stereocenters. The van der Waals surface area contributed by atoms with Crippen molar-refractivity contribution in [2.45, 2.75) is 5.88 Å². The number of ether oxygens (including phenoxy) is 1. The lowest BCUT2D eigenvalue weighted by Gasteiger charge is -2.08. The van der Waals surface area contributed by atoms with Crippen LogP contribution in [-0.2, 0) is 10.6 Å². The summed E-state index contributed by atoms with van der Waals surface area (Å²) in [5, 5.41) is 0.752. The number of esters is 1. The zero-order valence-corrected chi connectivity index (χ0v) is 9.88. The highest BCUT2D eigenvalue weighted by Gasteiger charge is 2.18. The summed E-state index contributed by atoms with van der Waals surface area (Å²) in [6.07, 6.45) is 0. The molecule has 5 heteroatoms. The van der Waals surface area contributed by atoms with Crippen molar-refractivity contribution < 1.29 is 9.53 Å². The van der Waals surface area contributed by atoms with Gasteiger partial charge in [0, 0.05) is 16.8 Å². The van der Waals surface area contributed by atoms with Gasteiger partial charge < -0.3 is 9.72 Å². The molecule has 2 rings (SSSR count). The van der Waals surface area contributed by atoms with E-state index in [-0.39, 0.29) is 11.4 Å². The van der Waals surface area contributed by atoms with Gasteiger partial charge in [-0.1, -0.05) is 18.2 Å². The Morgan fingerprint density at radius 2 is 2.12 bits per heavy atom. The van der Waals surface area contributed by atoms with Gasteiger partial charge in [-0.3, -0.25) is 4.79 Å². The Bertz CT molecular complexity index is 633. The highest BCUT2D eigenvalue weighted by molar-refractivity contribution is 6.19. The van der Waals surface area contributed by atoms with Gasteiger partial charge in [-0.05, 0) is 11.6 Å². The number of nitrogens with one attached hydrogen (secondary N) is 1. The number of aromatic amines is 1. The van der Waals surface area contributed by atoms with Crippen molar-refractivity contribution in [1.82, 2.24) is 4.98 Å². The normalized spacial score (nSPS) is 10.5. The molecule has 0 unspecified atom stereocenters. The number of alkyl halides is 1. The van der Waals surface area contributed by atoms with Gasteiger partial charge in [0.15, 0.2) is 0 Å². The van der Waals surface area contributed by atoms with E-state index in [1.807, 2.05) is 6.07 Å². The highest BCUT2D eigenvalue weighted by atomic mass is 35.5. The first kappa shape index (κ1) is 11.7. The van der Waals surface area contributed by atoms with Crippen LogP contribution in [0.5, 0.6) is 0 Å². The third-order valence-corrected chi connectivity index (χ3v) is 2.82. The van der Waals surface area contributed by atoms with Gasteiger partial charge in [0.05, 0.1) is 7.11 Å². The molecule has 88 valence electrons. The molecule has 0 radical (unpaired) electrons. The number of hydrogen-bond acceptors (Lipinski definition) is 3. The van der Waals surface area contributed by atoms with E-state index in [2.05, 4.69) is 9.72 Å². The molecule has 0 aliphatic carbocycles. The van der Waals surface area contributed by atoms with E-state index in [1.54, 1.807) is 18.2 Å². The number of halogens is 1. The number of fused-ring (bicyclic) bond motifs is 1. The van der Waals surface area contributed by atoms with Crippen LogP contribution in [0.2, 0.25) is 0 Å². The molecule has 0 saturated carbocycles. The Balaban J connectivity index is 2.88. The first-order chi connectivity index (χ1) is 8.19. The Morgan fingerprint density at radius 3 is 2.76 bits per heavy atom. The number of benzene rings is 1. The smallest absolute Gasteiger partial charge is 0.343 e. The van der Waals surface area contributed by atoms with Crippen molar-refractivity contribution in [1.29, 1.82) is 0 Å². The molecule has 17 heavy (non-hydrogen) atoms. The number of para-hydroxylation sites is 1. The molecule has 0 aliphatic heterocycles. The molecule has 1 aromatic carbocycles. The fraction of sp³-hybridized carbons (Fsp3) is 0.167.